The largest absolute Gasteiger partial charge is 0.489 e. The predicted molar refractivity (Wildman–Crippen MR) is 77.2 cm³/mol. The molecule has 2 aromatic rings. The van der Waals surface area contributed by atoms with E-state index < -0.39 is 6.10 Å². The molecule has 0 saturated carbocycles. The number of hydrogen-bond donors (Lipinski definition) is 1. The van der Waals surface area contributed by atoms with Crippen LogP contribution in [0, 0.1) is 11.3 Å². The molecule has 1 atom stereocenters. The molecule has 0 bridgehead atoms. The summed E-state index contributed by atoms with van der Waals surface area (Å²) in [5.41, 5.74) is 2.56. The predicted octanol–water partition coefficient (Wildman–Crippen LogP) is 3.58. The van der Waals surface area contributed by atoms with Gasteiger partial charge in [-0.1, -0.05) is 31.2 Å². The molecule has 0 amide bonds. The number of hydrogen-bond acceptors (Lipinski definition) is 3. The van der Waals surface area contributed by atoms with Gasteiger partial charge in [0.05, 0.1) is 17.7 Å². The second-order valence-corrected chi connectivity index (χ2v) is 4.59. The first-order valence-corrected chi connectivity index (χ1v) is 6.62. The molecule has 0 aliphatic carbocycles. The Morgan fingerprint density at radius 1 is 1.10 bits per heavy atom. The first-order chi connectivity index (χ1) is 9.72. The average molecular weight is 267 g/mol. The summed E-state index contributed by atoms with van der Waals surface area (Å²) in [5, 5.41) is 18.4. The Balaban J connectivity index is 1.95. The summed E-state index contributed by atoms with van der Waals surface area (Å²) < 4.78 is 5.67. The zero-order valence-corrected chi connectivity index (χ0v) is 11.4. The lowest BCUT2D eigenvalue weighted by molar-refractivity contribution is 0.173. The lowest BCUT2D eigenvalue weighted by Crippen LogP contribution is -1.97. The number of benzene rings is 2. The van der Waals surface area contributed by atoms with Crippen LogP contribution < -0.4 is 4.74 Å². The van der Waals surface area contributed by atoms with E-state index >= 15 is 0 Å². The molecular weight excluding hydrogens is 250 g/mol. The molecule has 2 aromatic carbocycles. The Morgan fingerprint density at radius 3 is 2.30 bits per heavy atom. The van der Waals surface area contributed by atoms with Crippen molar-refractivity contribution in [1.82, 2.24) is 0 Å². The first-order valence-electron chi connectivity index (χ1n) is 6.62. The van der Waals surface area contributed by atoms with Crippen molar-refractivity contribution >= 4 is 0 Å². The minimum Gasteiger partial charge on any atom is -0.489 e. The monoisotopic (exact) mass is 267 g/mol. The Kier molecular flexibility index (Phi) is 4.75. The molecule has 0 aliphatic rings. The maximum absolute atomic E-state index is 9.71. The quantitative estimate of drug-likeness (QED) is 0.900. The highest BCUT2D eigenvalue weighted by Gasteiger charge is 2.04. The van der Waals surface area contributed by atoms with Gasteiger partial charge in [0.15, 0.2) is 0 Å². The fourth-order valence-electron chi connectivity index (χ4n) is 1.86. The third kappa shape index (κ3) is 3.59. The van der Waals surface area contributed by atoms with Crippen molar-refractivity contribution in [3.63, 3.8) is 0 Å². The number of rotatable bonds is 5. The van der Waals surface area contributed by atoms with E-state index in [1.165, 1.54) is 0 Å². The van der Waals surface area contributed by atoms with Crippen LogP contribution in [-0.2, 0) is 6.61 Å². The van der Waals surface area contributed by atoms with E-state index in [-0.39, 0.29) is 0 Å². The summed E-state index contributed by atoms with van der Waals surface area (Å²) in [4.78, 5) is 0. The van der Waals surface area contributed by atoms with Gasteiger partial charge in [-0.15, -0.1) is 0 Å². The fourth-order valence-corrected chi connectivity index (χ4v) is 1.86. The standard InChI is InChI=1S/C17H17NO2/c1-2-17(19)15-7-9-16(10-8-15)20-12-14-5-3-13(11-18)4-6-14/h3-10,17,19H,2,12H2,1H3/t17-/m1/s1. The van der Waals surface area contributed by atoms with Crippen molar-refractivity contribution in [3.8, 4) is 11.8 Å². The third-order valence-electron chi connectivity index (χ3n) is 3.14. The fraction of sp³-hybridized carbons (Fsp3) is 0.235. The van der Waals surface area contributed by atoms with Gasteiger partial charge in [0.2, 0.25) is 0 Å². The van der Waals surface area contributed by atoms with Crippen LogP contribution in [0.1, 0.15) is 36.1 Å². The molecule has 0 heterocycles. The number of nitrogens with zero attached hydrogens (tertiary/aromatic N) is 1. The van der Waals surface area contributed by atoms with Crippen LogP contribution in [0.2, 0.25) is 0 Å². The summed E-state index contributed by atoms with van der Waals surface area (Å²) in [5.74, 6) is 0.765. The number of aliphatic hydroxyl groups is 1. The molecular formula is C17H17NO2. The molecule has 0 unspecified atom stereocenters. The molecule has 0 radical (unpaired) electrons. The van der Waals surface area contributed by atoms with Gasteiger partial charge in [0, 0.05) is 0 Å². The molecule has 3 heteroatoms. The van der Waals surface area contributed by atoms with Crippen molar-refractivity contribution in [2.24, 2.45) is 0 Å². The number of aliphatic hydroxyl groups excluding tert-OH is 1. The molecule has 0 aromatic heterocycles. The van der Waals surface area contributed by atoms with E-state index in [1.807, 2.05) is 43.3 Å². The summed E-state index contributed by atoms with van der Waals surface area (Å²) in [6, 6.07) is 16.9. The SMILES string of the molecule is CC[C@@H](O)c1ccc(OCc2ccc(C#N)cc2)cc1. The zero-order valence-electron chi connectivity index (χ0n) is 11.4. The van der Waals surface area contributed by atoms with Crippen LogP contribution in [0.5, 0.6) is 5.75 Å². The lowest BCUT2D eigenvalue weighted by atomic mass is 10.1. The highest BCUT2D eigenvalue weighted by atomic mass is 16.5. The Morgan fingerprint density at radius 2 is 1.75 bits per heavy atom. The topological polar surface area (TPSA) is 53.2 Å². The average Bonchev–Trinajstić information content (AvgIpc) is 2.53. The maximum atomic E-state index is 9.71. The van der Waals surface area contributed by atoms with E-state index in [4.69, 9.17) is 10.00 Å². The van der Waals surface area contributed by atoms with Gasteiger partial charge in [-0.2, -0.15) is 5.26 Å². The summed E-state index contributed by atoms with van der Waals surface area (Å²) >= 11 is 0. The van der Waals surface area contributed by atoms with Crippen LogP contribution in [0.4, 0.5) is 0 Å². The van der Waals surface area contributed by atoms with Gasteiger partial charge in [0.25, 0.3) is 0 Å². The van der Waals surface area contributed by atoms with Gasteiger partial charge < -0.3 is 9.84 Å². The lowest BCUT2D eigenvalue weighted by Gasteiger charge is -2.10. The Labute approximate surface area is 119 Å². The zero-order chi connectivity index (χ0) is 14.4. The number of ether oxygens (including phenoxy) is 1. The van der Waals surface area contributed by atoms with Crippen LogP contribution in [0.25, 0.3) is 0 Å². The van der Waals surface area contributed by atoms with Crippen molar-refractivity contribution in [1.29, 1.82) is 5.26 Å². The molecule has 0 spiro atoms. The molecule has 102 valence electrons. The minimum atomic E-state index is -0.414. The van der Waals surface area contributed by atoms with E-state index in [2.05, 4.69) is 6.07 Å². The third-order valence-corrected chi connectivity index (χ3v) is 3.14. The van der Waals surface area contributed by atoms with E-state index in [9.17, 15) is 5.11 Å². The molecule has 0 fully saturated rings. The van der Waals surface area contributed by atoms with Gasteiger partial charge >= 0.3 is 0 Å². The maximum Gasteiger partial charge on any atom is 0.119 e. The minimum absolute atomic E-state index is 0.414. The van der Waals surface area contributed by atoms with E-state index in [0.29, 0.717) is 18.6 Å². The Hall–Kier alpha value is -2.31. The second-order valence-electron chi connectivity index (χ2n) is 4.59. The molecule has 1 N–H and O–H groups in total. The van der Waals surface area contributed by atoms with Crippen LogP contribution in [0.3, 0.4) is 0 Å². The Bertz CT molecular complexity index is 582. The van der Waals surface area contributed by atoms with Gasteiger partial charge in [-0.25, -0.2) is 0 Å². The summed E-state index contributed by atoms with van der Waals surface area (Å²) in [7, 11) is 0. The molecule has 20 heavy (non-hydrogen) atoms. The molecule has 0 aliphatic heterocycles. The van der Waals surface area contributed by atoms with E-state index in [0.717, 1.165) is 16.9 Å². The number of nitriles is 1. The molecule has 2 rings (SSSR count). The van der Waals surface area contributed by atoms with Crippen molar-refractivity contribution in [3.05, 3.63) is 65.2 Å². The normalized spacial score (nSPS) is 11.7. The van der Waals surface area contributed by atoms with Crippen LogP contribution >= 0.6 is 0 Å². The highest BCUT2D eigenvalue weighted by Crippen LogP contribution is 2.20. The highest BCUT2D eigenvalue weighted by molar-refractivity contribution is 5.32. The second kappa shape index (κ2) is 6.74. The smallest absolute Gasteiger partial charge is 0.119 e. The van der Waals surface area contributed by atoms with Crippen molar-refractivity contribution in [2.45, 2.75) is 26.1 Å². The van der Waals surface area contributed by atoms with Gasteiger partial charge in [-0.3, -0.25) is 0 Å². The molecule has 3 nitrogen and oxygen atoms in total. The summed E-state index contributed by atoms with van der Waals surface area (Å²) in [6.45, 7) is 2.40. The van der Waals surface area contributed by atoms with E-state index in [1.54, 1.807) is 12.1 Å². The van der Waals surface area contributed by atoms with Crippen molar-refractivity contribution in [2.75, 3.05) is 0 Å². The van der Waals surface area contributed by atoms with Gasteiger partial charge in [-0.05, 0) is 41.8 Å². The first kappa shape index (κ1) is 14.1. The van der Waals surface area contributed by atoms with Crippen LogP contribution in [0.15, 0.2) is 48.5 Å². The van der Waals surface area contributed by atoms with Crippen LogP contribution in [-0.4, -0.2) is 5.11 Å². The van der Waals surface area contributed by atoms with Crippen molar-refractivity contribution < 1.29 is 9.84 Å². The summed E-state index contributed by atoms with van der Waals surface area (Å²) in [6.07, 6.45) is 0.286. The van der Waals surface area contributed by atoms with Gasteiger partial charge in [0.1, 0.15) is 12.4 Å². The molecule has 0 saturated heterocycles.